The molecule has 0 amide bonds. The Morgan fingerprint density at radius 2 is 2.25 bits per heavy atom. The number of ether oxygens (including phenoxy) is 1. The summed E-state index contributed by atoms with van der Waals surface area (Å²) in [5.41, 5.74) is 0. The van der Waals surface area contributed by atoms with E-state index < -0.39 is 12.1 Å². The van der Waals surface area contributed by atoms with Crippen LogP contribution >= 0.6 is 0 Å². The lowest BCUT2D eigenvalue weighted by Crippen LogP contribution is -2.33. The molecule has 1 aliphatic carbocycles. The molecule has 3 atom stereocenters. The Morgan fingerprint density at radius 1 is 1.50 bits per heavy atom. The molecular weight excluding hydrogens is 160 g/mol. The summed E-state index contributed by atoms with van der Waals surface area (Å²) in [6.45, 7) is 0.424. The van der Waals surface area contributed by atoms with Crippen molar-refractivity contribution in [2.24, 2.45) is 11.8 Å². The zero-order valence-corrected chi connectivity index (χ0v) is 6.53. The van der Waals surface area contributed by atoms with Crippen molar-refractivity contribution in [1.29, 1.82) is 0 Å². The number of carbonyl (C=O) groups excluding carboxylic acids is 1. The lowest BCUT2D eigenvalue weighted by atomic mass is 9.81. The van der Waals surface area contributed by atoms with E-state index in [-0.39, 0.29) is 17.6 Å². The second-order valence-corrected chi connectivity index (χ2v) is 3.43. The third kappa shape index (κ3) is 1.03. The van der Waals surface area contributed by atoms with Crippen LogP contribution in [0.4, 0.5) is 0 Å². The largest absolute Gasteiger partial charge is 0.481 e. The monoisotopic (exact) mass is 170 g/mol. The summed E-state index contributed by atoms with van der Waals surface area (Å²) >= 11 is 0. The van der Waals surface area contributed by atoms with Crippen LogP contribution < -0.4 is 0 Å². The topological polar surface area (TPSA) is 63.6 Å². The van der Waals surface area contributed by atoms with E-state index in [0.717, 1.165) is 0 Å². The summed E-state index contributed by atoms with van der Waals surface area (Å²) in [6.07, 6.45) is 0.403. The highest BCUT2D eigenvalue weighted by Crippen LogP contribution is 2.34. The molecule has 2 aliphatic rings. The number of ketones is 1. The maximum Gasteiger partial charge on any atom is 0.306 e. The van der Waals surface area contributed by atoms with Crippen LogP contribution in [0.25, 0.3) is 0 Å². The van der Waals surface area contributed by atoms with Gasteiger partial charge in [0.1, 0.15) is 6.10 Å². The van der Waals surface area contributed by atoms with Gasteiger partial charge in [-0.1, -0.05) is 0 Å². The third-order valence-corrected chi connectivity index (χ3v) is 2.64. The molecule has 1 N–H and O–H groups in total. The summed E-state index contributed by atoms with van der Waals surface area (Å²) < 4.78 is 5.16. The SMILES string of the molecule is O=C(O)[C@H]1C[C@H]2CO[C@@H](C1)C2=O. The number of Topliss-reactive ketones (excluding diaryl/α,β-unsaturated/α-hetero) is 1. The number of carboxylic acid groups (broad SMARTS) is 1. The molecule has 2 fully saturated rings. The average Bonchev–Trinajstić information content (AvgIpc) is 2.30. The van der Waals surface area contributed by atoms with Crippen molar-refractivity contribution in [3.8, 4) is 0 Å². The van der Waals surface area contributed by atoms with Gasteiger partial charge in [-0.2, -0.15) is 0 Å². The fraction of sp³-hybridized carbons (Fsp3) is 0.750. The van der Waals surface area contributed by atoms with Crippen molar-refractivity contribution >= 4 is 11.8 Å². The average molecular weight is 170 g/mol. The molecule has 1 aliphatic heterocycles. The molecule has 12 heavy (non-hydrogen) atoms. The van der Waals surface area contributed by atoms with Crippen LogP contribution in [0.5, 0.6) is 0 Å². The van der Waals surface area contributed by atoms with Crippen molar-refractivity contribution in [3.63, 3.8) is 0 Å². The van der Waals surface area contributed by atoms with Gasteiger partial charge < -0.3 is 9.84 Å². The van der Waals surface area contributed by atoms with Gasteiger partial charge in [0, 0.05) is 5.92 Å². The second kappa shape index (κ2) is 2.55. The first kappa shape index (κ1) is 7.73. The van der Waals surface area contributed by atoms with Crippen molar-refractivity contribution in [1.82, 2.24) is 0 Å². The van der Waals surface area contributed by atoms with E-state index in [0.29, 0.717) is 19.4 Å². The minimum Gasteiger partial charge on any atom is -0.481 e. The van der Waals surface area contributed by atoms with Gasteiger partial charge in [0.15, 0.2) is 5.78 Å². The first-order valence-electron chi connectivity index (χ1n) is 4.06. The Morgan fingerprint density at radius 3 is 2.83 bits per heavy atom. The van der Waals surface area contributed by atoms with E-state index in [9.17, 15) is 9.59 Å². The van der Waals surface area contributed by atoms with Crippen LogP contribution in [-0.2, 0) is 14.3 Å². The Hall–Kier alpha value is -0.900. The smallest absolute Gasteiger partial charge is 0.306 e. The van der Waals surface area contributed by atoms with Crippen LogP contribution in [0.3, 0.4) is 0 Å². The Labute approximate surface area is 69.5 Å². The molecule has 0 aromatic heterocycles. The van der Waals surface area contributed by atoms with Gasteiger partial charge in [0.25, 0.3) is 0 Å². The van der Waals surface area contributed by atoms with Crippen LogP contribution in [0.2, 0.25) is 0 Å². The first-order chi connectivity index (χ1) is 5.68. The van der Waals surface area contributed by atoms with Crippen molar-refractivity contribution < 1.29 is 19.4 Å². The molecule has 0 spiro atoms. The van der Waals surface area contributed by atoms with E-state index in [1.807, 2.05) is 0 Å². The molecule has 0 aromatic carbocycles. The molecular formula is C8H10O4. The predicted molar refractivity (Wildman–Crippen MR) is 38.6 cm³/mol. The molecule has 1 saturated heterocycles. The van der Waals surface area contributed by atoms with Gasteiger partial charge in [-0.15, -0.1) is 0 Å². The van der Waals surface area contributed by atoms with Gasteiger partial charge in [0.05, 0.1) is 12.5 Å². The number of fused-ring (bicyclic) bond motifs is 2. The predicted octanol–water partition coefficient (Wildman–Crippen LogP) is 0.0651. The van der Waals surface area contributed by atoms with Crippen molar-refractivity contribution in [2.75, 3.05) is 6.61 Å². The standard InChI is InChI=1S/C8H10O4/c9-7-5-1-4(8(10)11)2-6(7)12-3-5/h4-6H,1-3H2,(H,10,11)/t4-,5-,6-/m0/s1. The molecule has 4 nitrogen and oxygen atoms in total. The van der Waals surface area contributed by atoms with E-state index >= 15 is 0 Å². The van der Waals surface area contributed by atoms with Crippen LogP contribution in [0, 0.1) is 11.8 Å². The highest BCUT2D eigenvalue weighted by atomic mass is 16.5. The normalized spacial score (nSPS) is 40.0. The van der Waals surface area contributed by atoms with Gasteiger partial charge in [0.2, 0.25) is 0 Å². The number of rotatable bonds is 1. The van der Waals surface area contributed by atoms with Gasteiger partial charge in [-0.25, -0.2) is 0 Å². The quantitative estimate of drug-likeness (QED) is 0.604. The van der Waals surface area contributed by atoms with E-state index in [1.54, 1.807) is 0 Å². The molecule has 0 aromatic rings. The minimum absolute atomic E-state index is 0.104. The van der Waals surface area contributed by atoms with Gasteiger partial charge in [-0.05, 0) is 12.8 Å². The van der Waals surface area contributed by atoms with E-state index in [1.165, 1.54) is 0 Å². The fourth-order valence-corrected chi connectivity index (χ4v) is 1.93. The van der Waals surface area contributed by atoms with E-state index in [4.69, 9.17) is 9.84 Å². The lowest BCUT2D eigenvalue weighted by molar-refractivity contribution is -0.145. The second-order valence-electron chi connectivity index (χ2n) is 3.43. The maximum atomic E-state index is 11.2. The number of carbonyl (C=O) groups is 2. The number of aliphatic carboxylic acids is 1. The molecule has 0 unspecified atom stereocenters. The number of hydrogen-bond acceptors (Lipinski definition) is 3. The fourth-order valence-electron chi connectivity index (χ4n) is 1.93. The van der Waals surface area contributed by atoms with Gasteiger partial charge in [-0.3, -0.25) is 9.59 Å². The molecule has 1 saturated carbocycles. The maximum absolute atomic E-state index is 11.2. The number of hydrogen-bond donors (Lipinski definition) is 1. The zero-order chi connectivity index (χ0) is 8.72. The Balaban J connectivity index is 2.12. The number of carboxylic acids is 1. The summed E-state index contributed by atoms with van der Waals surface area (Å²) in [5.74, 6) is -1.22. The summed E-state index contributed by atoms with van der Waals surface area (Å²) in [7, 11) is 0. The molecule has 0 radical (unpaired) electrons. The van der Waals surface area contributed by atoms with E-state index in [2.05, 4.69) is 0 Å². The Bertz CT molecular complexity index is 219. The molecule has 2 rings (SSSR count). The molecule has 4 heteroatoms. The third-order valence-electron chi connectivity index (χ3n) is 2.64. The minimum atomic E-state index is -0.803. The van der Waals surface area contributed by atoms with Crippen LogP contribution in [0.15, 0.2) is 0 Å². The molecule has 66 valence electrons. The summed E-state index contributed by atoms with van der Waals surface area (Å²) in [6, 6.07) is 0. The summed E-state index contributed by atoms with van der Waals surface area (Å²) in [4.78, 5) is 21.9. The lowest BCUT2D eigenvalue weighted by Gasteiger charge is -2.21. The Kier molecular flexibility index (Phi) is 1.65. The van der Waals surface area contributed by atoms with Crippen LogP contribution in [0.1, 0.15) is 12.8 Å². The highest BCUT2D eigenvalue weighted by Gasteiger charge is 2.44. The molecule has 2 bridgehead atoms. The zero-order valence-electron chi connectivity index (χ0n) is 6.53. The van der Waals surface area contributed by atoms with Gasteiger partial charge >= 0.3 is 5.97 Å². The highest BCUT2D eigenvalue weighted by molar-refractivity contribution is 5.89. The van der Waals surface area contributed by atoms with Crippen molar-refractivity contribution in [3.05, 3.63) is 0 Å². The summed E-state index contributed by atoms with van der Waals surface area (Å²) in [5, 5.41) is 8.72. The van der Waals surface area contributed by atoms with Crippen LogP contribution in [-0.4, -0.2) is 29.6 Å². The first-order valence-corrected chi connectivity index (χ1v) is 4.06. The molecule has 1 heterocycles. The van der Waals surface area contributed by atoms with Crippen molar-refractivity contribution in [2.45, 2.75) is 18.9 Å².